The Hall–Kier alpha value is -3.85. The third-order valence-electron chi connectivity index (χ3n) is 4.41. The summed E-state index contributed by atoms with van der Waals surface area (Å²) in [7, 11) is 0. The number of aromatic nitrogens is 3. The van der Waals surface area contributed by atoms with Gasteiger partial charge in [0.2, 0.25) is 0 Å². The summed E-state index contributed by atoms with van der Waals surface area (Å²) in [5.41, 5.74) is 2.37. The second kappa shape index (κ2) is 9.77. The van der Waals surface area contributed by atoms with E-state index in [-0.39, 0.29) is 18.4 Å². The maximum atomic E-state index is 12.7. The molecule has 0 saturated heterocycles. The lowest BCUT2D eigenvalue weighted by Gasteiger charge is -2.11. The van der Waals surface area contributed by atoms with Crippen LogP contribution in [0.2, 0.25) is 0 Å². The fraction of sp³-hybridized carbons (Fsp3) is 0.0909. The van der Waals surface area contributed by atoms with Gasteiger partial charge in [0.25, 0.3) is 11.8 Å². The van der Waals surface area contributed by atoms with Gasteiger partial charge >= 0.3 is 0 Å². The van der Waals surface area contributed by atoms with E-state index in [4.69, 9.17) is 4.42 Å². The number of nitrogens with one attached hydrogen (secondary N) is 3. The molecule has 2 aromatic carbocycles. The Morgan fingerprint density at radius 3 is 2.58 bits per heavy atom. The second-order valence-corrected chi connectivity index (χ2v) is 7.50. The van der Waals surface area contributed by atoms with Crippen molar-refractivity contribution in [1.29, 1.82) is 0 Å². The normalized spacial score (nSPS) is 10.6. The van der Waals surface area contributed by atoms with E-state index >= 15 is 0 Å². The van der Waals surface area contributed by atoms with E-state index in [2.05, 4.69) is 25.8 Å². The van der Waals surface area contributed by atoms with Gasteiger partial charge in [-0.25, -0.2) is 4.98 Å². The number of anilines is 1. The largest absolute Gasteiger partial charge is 0.467 e. The smallest absolute Gasteiger partial charge is 0.255 e. The summed E-state index contributed by atoms with van der Waals surface area (Å²) >= 11 is 1.52. The van der Waals surface area contributed by atoms with Crippen molar-refractivity contribution in [1.82, 2.24) is 20.5 Å². The molecule has 4 rings (SSSR count). The van der Waals surface area contributed by atoms with Crippen LogP contribution in [0.3, 0.4) is 0 Å². The number of H-pyrrole nitrogens is 1. The molecule has 0 bridgehead atoms. The zero-order chi connectivity index (χ0) is 21.5. The Kier molecular flexibility index (Phi) is 6.44. The van der Waals surface area contributed by atoms with Crippen LogP contribution in [0.25, 0.3) is 0 Å². The number of hydrogen-bond donors (Lipinski definition) is 3. The summed E-state index contributed by atoms with van der Waals surface area (Å²) < 4.78 is 5.23. The minimum absolute atomic E-state index is 0.266. The highest BCUT2D eigenvalue weighted by Crippen LogP contribution is 2.20. The molecule has 8 nitrogen and oxygen atoms in total. The molecule has 0 saturated carbocycles. The van der Waals surface area contributed by atoms with Crippen LogP contribution in [-0.2, 0) is 12.3 Å². The van der Waals surface area contributed by atoms with Gasteiger partial charge in [0.1, 0.15) is 12.1 Å². The van der Waals surface area contributed by atoms with E-state index in [0.29, 0.717) is 28.3 Å². The number of carbonyl (C=O) groups is 2. The van der Waals surface area contributed by atoms with E-state index in [1.54, 1.807) is 54.8 Å². The Bertz CT molecular complexity index is 1140. The summed E-state index contributed by atoms with van der Waals surface area (Å²) in [6.07, 6.45) is 3.01. The highest BCUT2D eigenvalue weighted by atomic mass is 32.2. The van der Waals surface area contributed by atoms with Gasteiger partial charge in [-0.3, -0.25) is 14.7 Å². The van der Waals surface area contributed by atoms with E-state index in [1.165, 1.54) is 18.1 Å². The molecule has 0 aliphatic rings. The first-order chi connectivity index (χ1) is 15.2. The molecule has 0 aliphatic carbocycles. The lowest BCUT2D eigenvalue weighted by molar-refractivity contribution is 0.0949. The topological polar surface area (TPSA) is 113 Å². The summed E-state index contributed by atoms with van der Waals surface area (Å²) in [6, 6.07) is 17.7. The maximum Gasteiger partial charge on any atom is 0.255 e. The van der Waals surface area contributed by atoms with Crippen LogP contribution in [0.4, 0.5) is 5.69 Å². The maximum absolute atomic E-state index is 12.7. The lowest BCUT2D eigenvalue weighted by atomic mass is 10.1. The fourth-order valence-corrected chi connectivity index (χ4v) is 3.56. The van der Waals surface area contributed by atoms with Gasteiger partial charge in [0, 0.05) is 11.3 Å². The highest BCUT2D eigenvalue weighted by molar-refractivity contribution is 7.98. The fourth-order valence-electron chi connectivity index (χ4n) is 2.83. The monoisotopic (exact) mass is 433 g/mol. The van der Waals surface area contributed by atoms with Crippen LogP contribution in [0.1, 0.15) is 32.0 Å². The number of rotatable bonds is 8. The second-order valence-electron chi connectivity index (χ2n) is 6.54. The van der Waals surface area contributed by atoms with Crippen LogP contribution in [0, 0.1) is 0 Å². The molecule has 0 atom stereocenters. The molecule has 31 heavy (non-hydrogen) atoms. The summed E-state index contributed by atoms with van der Waals surface area (Å²) in [6.45, 7) is 0.266. The first kappa shape index (κ1) is 20.4. The number of para-hydroxylation sites is 1. The Balaban J connectivity index is 1.38. The number of carbonyl (C=O) groups excluding carboxylic acids is 2. The van der Waals surface area contributed by atoms with Crippen molar-refractivity contribution in [3.05, 3.63) is 95.7 Å². The summed E-state index contributed by atoms with van der Waals surface area (Å²) in [4.78, 5) is 29.3. The SMILES string of the molecule is O=C(Nc1ccccc1C(=O)NCc1ccco1)c1ccc(CSc2ncn[nH]2)cc1. The van der Waals surface area contributed by atoms with E-state index < -0.39 is 0 Å². The van der Waals surface area contributed by atoms with Crippen molar-refractivity contribution < 1.29 is 14.0 Å². The van der Waals surface area contributed by atoms with Crippen molar-refractivity contribution in [2.24, 2.45) is 0 Å². The molecule has 9 heteroatoms. The molecule has 0 fully saturated rings. The summed E-state index contributed by atoms with van der Waals surface area (Å²) in [5, 5.41) is 13.0. The van der Waals surface area contributed by atoms with Crippen molar-refractivity contribution in [2.75, 3.05) is 5.32 Å². The molecule has 156 valence electrons. The molecule has 0 aliphatic heterocycles. The van der Waals surface area contributed by atoms with Crippen molar-refractivity contribution >= 4 is 29.3 Å². The first-order valence-electron chi connectivity index (χ1n) is 9.47. The number of aromatic amines is 1. The molecule has 3 N–H and O–H groups in total. The van der Waals surface area contributed by atoms with Crippen molar-refractivity contribution in [2.45, 2.75) is 17.5 Å². The Morgan fingerprint density at radius 1 is 1.00 bits per heavy atom. The van der Waals surface area contributed by atoms with Crippen LogP contribution in [-0.4, -0.2) is 27.0 Å². The van der Waals surface area contributed by atoms with E-state index in [9.17, 15) is 9.59 Å². The highest BCUT2D eigenvalue weighted by Gasteiger charge is 2.14. The standard InChI is InChI=1S/C22H19N5O3S/c28-20(16-9-7-15(8-10-16)13-31-22-24-14-25-27-22)26-19-6-2-1-5-18(19)21(29)23-12-17-4-3-11-30-17/h1-11,14H,12-13H2,(H,23,29)(H,26,28)(H,24,25,27). The van der Waals surface area contributed by atoms with Gasteiger partial charge in [-0.15, -0.1) is 0 Å². The minimum Gasteiger partial charge on any atom is -0.467 e. The molecule has 2 heterocycles. The number of nitrogens with zero attached hydrogens (tertiary/aromatic N) is 2. The molecular formula is C22H19N5O3S. The zero-order valence-corrected chi connectivity index (χ0v) is 17.2. The van der Waals surface area contributed by atoms with Crippen molar-refractivity contribution in [3.8, 4) is 0 Å². The number of hydrogen-bond acceptors (Lipinski definition) is 6. The number of furan rings is 1. The number of thioether (sulfide) groups is 1. The Morgan fingerprint density at radius 2 is 1.84 bits per heavy atom. The lowest BCUT2D eigenvalue weighted by Crippen LogP contribution is -2.24. The van der Waals surface area contributed by atoms with Crippen LogP contribution >= 0.6 is 11.8 Å². The summed E-state index contributed by atoms with van der Waals surface area (Å²) in [5.74, 6) is 0.764. The average Bonchev–Trinajstić information content (AvgIpc) is 3.51. The van der Waals surface area contributed by atoms with E-state index in [0.717, 1.165) is 10.7 Å². The molecule has 4 aromatic rings. The third-order valence-corrected chi connectivity index (χ3v) is 5.36. The predicted molar refractivity (Wildman–Crippen MR) is 117 cm³/mol. The molecular weight excluding hydrogens is 414 g/mol. The van der Waals surface area contributed by atoms with E-state index in [1.807, 2.05) is 12.1 Å². The molecule has 2 aromatic heterocycles. The molecule has 0 unspecified atom stereocenters. The van der Waals surface area contributed by atoms with Gasteiger partial charge in [0.05, 0.1) is 24.1 Å². The molecule has 2 amide bonds. The van der Waals surface area contributed by atoms with Gasteiger partial charge in [-0.2, -0.15) is 5.10 Å². The first-order valence-corrected chi connectivity index (χ1v) is 10.5. The minimum atomic E-state index is -0.299. The zero-order valence-electron chi connectivity index (χ0n) is 16.4. The van der Waals surface area contributed by atoms with Gasteiger partial charge in [-0.1, -0.05) is 36.0 Å². The molecule has 0 radical (unpaired) electrons. The molecule has 0 spiro atoms. The van der Waals surface area contributed by atoms with Crippen molar-refractivity contribution in [3.63, 3.8) is 0 Å². The van der Waals surface area contributed by atoms with Crippen LogP contribution < -0.4 is 10.6 Å². The van der Waals surface area contributed by atoms with Crippen LogP contribution in [0.15, 0.2) is 82.8 Å². The quantitative estimate of drug-likeness (QED) is 0.364. The third kappa shape index (κ3) is 5.40. The Labute approximate surface area is 182 Å². The average molecular weight is 433 g/mol. The van der Waals surface area contributed by atoms with Gasteiger partial charge in [-0.05, 0) is 42.0 Å². The number of amides is 2. The van der Waals surface area contributed by atoms with Crippen LogP contribution in [0.5, 0.6) is 0 Å². The number of benzene rings is 2. The van der Waals surface area contributed by atoms with Gasteiger partial charge in [0.15, 0.2) is 5.16 Å². The predicted octanol–water partition coefficient (Wildman–Crippen LogP) is 3.87. The van der Waals surface area contributed by atoms with Gasteiger partial charge < -0.3 is 15.1 Å².